The van der Waals surface area contributed by atoms with Crippen LogP contribution in [-0.2, 0) is 19.6 Å². The normalized spacial score (nSPS) is 16.6. The van der Waals surface area contributed by atoms with E-state index >= 15 is 0 Å². The zero-order valence-corrected chi connectivity index (χ0v) is 17.5. The van der Waals surface area contributed by atoms with E-state index in [1.807, 2.05) is 0 Å². The van der Waals surface area contributed by atoms with Crippen molar-refractivity contribution in [2.45, 2.75) is 24.8 Å². The summed E-state index contributed by atoms with van der Waals surface area (Å²) < 4.78 is 32.4. The lowest BCUT2D eigenvalue weighted by molar-refractivity contribution is -0.384. The van der Waals surface area contributed by atoms with Gasteiger partial charge in [-0.1, -0.05) is 30.3 Å². The first kappa shape index (κ1) is 22.0. The fourth-order valence-corrected chi connectivity index (χ4v) is 4.76. The summed E-state index contributed by atoms with van der Waals surface area (Å²) >= 11 is 0. The van der Waals surface area contributed by atoms with Crippen molar-refractivity contribution in [1.29, 1.82) is 0 Å². The molecule has 2 aromatic rings. The minimum absolute atomic E-state index is 0.0106. The molecular weight excluding hydrogens is 426 g/mol. The van der Waals surface area contributed by atoms with E-state index in [0.717, 1.165) is 6.07 Å². The van der Waals surface area contributed by atoms with Crippen molar-refractivity contribution in [3.8, 4) is 0 Å². The van der Waals surface area contributed by atoms with E-state index in [2.05, 4.69) is 5.32 Å². The van der Waals surface area contributed by atoms with Crippen LogP contribution in [0.2, 0.25) is 0 Å². The van der Waals surface area contributed by atoms with E-state index < -0.39 is 33.0 Å². The SMILES string of the molecule is CCOC(=O)C1=C(C)NC(=O)N(S(=O)(=O)c2ccccc2)C1c1cccc([N+](=O)[O-])c1. The van der Waals surface area contributed by atoms with Gasteiger partial charge in [-0.2, -0.15) is 0 Å². The van der Waals surface area contributed by atoms with Crippen molar-refractivity contribution in [1.82, 2.24) is 9.62 Å². The number of nitrogens with one attached hydrogen (secondary N) is 1. The average molecular weight is 445 g/mol. The summed E-state index contributed by atoms with van der Waals surface area (Å²) in [6.07, 6.45) is 0. The van der Waals surface area contributed by atoms with Gasteiger partial charge in [-0.05, 0) is 31.5 Å². The van der Waals surface area contributed by atoms with Crippen LogP contribution in [0.1, 0.15) is 25.5 Å². The Hall–Kier alpha value is -3.73. The van der Waals surface area contributed by atoms with Gasteiger partial charge in [0.15, 0.2) is 0 Å². The van der Waals surface area contributed by atoms with Crippen LogP contribution in [0, 0.1) is 10.1 Å². The van der Waals surface area contributed by atoms with E-state index in [-0.39, 0.29) is 34.0 Å². The summed E-state index contributed by atoms with van der Waals surface area (Å²) in [5.41, 5.74) is -0.284. The highest BCUT2D eigenvalue weighted by Gasteiger charge is 2.45. The second-order valence-electron chi connectivity index (χ2n) is 6.56. The van der Waals surface area contributed by atoms with E-state index in [0.29, 0.717) is 4.31 Å². The highest BCUT2D eigenvalue weighted by Crippen LogP contribution is 2.39. The first-order chi connectivity index (χ1) is 14.7. The van der Waals surface area contributed by atoms with Gasteiger partial charge in [0.2, 0.25) is 0 Å². The molecule has 0 aliphatic carbocycles. The molecule has 10 nitrogen and oxygen atoms in total. The molecule has 1 aliphatic heterocycles. The van der Waals surface area contributed by atoms with Crippen molar-refractivity contribution >= 4 is 27.7 Å². The number of benzene rings is 2. The number of rotatable bonds is 6. The van der Waals surface area contributed by atoms with E-state index in [9.17, 15) is 28.1 Å². The molecule has 11 heteroatoms. The molecule has 0 saturated carbocycles. The van der Waals surface area contributed by atoms with Crippen LogP contribution >= 0.6 is 0 Å². The fourth-order valence-electron chi connectivity index (χ4n) is 3.26. The van der Waals surface area contributed by atoms with Gasteiger partial charge in [-0.25, -0.2) is 22.3 Å². The van der Waals surface area contributed by atoms with Gasteiger partial charge in [-0.3, -0.25) is 10.1 Å². The van der Waals surface area contributed by atoms with Crippen molar-refractivity contribution in [2.24, 2.45) is 0 Å². The van der Waals surface area contributed by atoms with Gasteiger partial charge in [0, 0.05) is 17.8 Å². The summed E-state index contributed by atoms with van der Waals surface area (Å²) in [5, 5.41) is 13.7. The molecule has 3 rings (SSSR count). The third kappa shape index (κ3) is 4.12. The summed E-state index contributed by atoms with van der Waals surface area (Å²) in [4.78, 5) is 36.1. The molecule has 0 spiro atoms. The molecule has 1 aliphatic rings. The standard InChI is InChI=1S/C20H19N3O7S/c1-3-30-19(24)17-13(2)21-20(25)22(31(28,29)16-10-5-4-6-11-16)18(17)14-8-7-9-15(12-14)23(26)27/h4-12,18H,3H2,1-2H3,(H,21,25). The maximum atomic E-state index is 13.4. The van der Waals surface area contributed by atoms with Crippen LogP contribution in [0.15, 0.2) is 70.8 Å². The molecule has 0 fully saturated rings. The van der Waals surface area contributed by atoms with Crippen LogP contribution in [-0.4, -0.2) is 36.3 Å². The molecule has 0 bridgehead atoms. The molecular formula is C20H19N3O7S. The van der Waals surface area contributed by atoms with Gasteiger partial charge in [0.05, 0.1) is 22.0 Å². The van der Waals surface area contributed by atoms with E-state index in [1.165, 1.54) is 49.4 Å². The van der Waals surface area contributed by atoms with Gasteiger partial charge in [-0.15, -0.1) is 0 Å². The summed E-state index contributed by atoms with van der Waals surface area (Å²) in [6.45, 7) is 3.02. The number of non-ortho nitro benzene ring substituents is 1. The number of ether oxygens (including phenoxy) is 1. The smallest absolute Gasteiger partial charge is 0.338 e. The zero-order valence-electron chi connectivity index (χ0n) is 16.6. The summed E-state index contributed by atoms with van der Waals surface area (Å²) in [6, 6.07) is 9.87. The molecule has 0 aromatic heterocycles. The number of nitro benzene ring substituents is 1. The third-order valence-corrected chi connectivity index (χ3v) is 6.36. The van der Waals surface area contributed by atoms with Crippen molar-refractivity contribution in [3.63, 3.8) is 0 Å². The molecule has 1 heterocycles. The number of amides is 2. The molecule has 31 heavy (non-hydrogen) atoms. The number of nitrogens with zero attached hydrogens (tertiary/aromatic N) is 2. The number of carbonyl (C=O) groups is 2. The van der Waals surface area contributed by atoms with Crippen LogP contribution in [0.4, 0.5) is 10.5 Å². The van der Waals surface area contributed by atoms with Gasteiger partial charge in [0.1, 0.15) is 6.04 Å². The number of carbonyl (C=O) groups excluding carboxylic acids is 2. The Morgan fingerprint density at radius 3 is 2.48 bits per heavy atom. The fraction of sp³-hybridized carbons (Fsp3) is 0.200. The quantitative estimate of drug-likeness (QED) is 0.410. The van der Waals surface area contributed by atoms with E-state index in [1.54, 1.807) is 13.0 Å². The number of urea groups is 1. The topological polar surface area (TPSA) is 136 Å². The molecule has 0 radical (unpaired) electrons. The Morgan fingerprint density at radius 2 is 1.87 bits per heavy atom. The molecule has 1 atom stereocenters. The third-order valence-electron chi connectivity index (χ3n) is 4.60. The predicted octanol–water partition coefficient (Wildman–Crippen LogP) is 2.89. The summed E-state index contributed by atoms with van der Waals surface area (Å²) in [7, 11) is -4.44. The van der Waals surface area contributed by atoms with Crippen molar-refractivity contribution in [2.75, 3.05) is 6.61 Å². The first-order valence-electron chi connectivity index (χ1n) is 9.21. The predicted molar refractivity (Wildman–Crippen MR) is 109 cm³/mol. The second kappa shape index (κ2) is 8.56. The number of sulfonamides is 1. The average Bonchev–Trinajstić information content (AvgIpc) is 2.73. The molecule has 2 amide bonds. The largest absolute Gasteiger partial charge is 0.463 e. The van der Waals surface area contributed by atoms with Gasteiger partial charge < -0.3 is 10.1 Å². The Kier molecular flexibility index (Phi) is 6.07. The second-order valence-corrected chi connectivity index (χ2v) is 8.37. The van der Waals surface area contributed by atoms with Crippen LogP contribution in [0.3, 0.4) is 0 Å². The first-order valence-corrected chi connectivity index (χ1v) is 10.6. The summed E-state index contributed by atoms with van der Waals surface area (Å²) in [5.74, 6) is -0.843. The van der Waals surface area contributed by atoms with Crippen LogP contribution < -0.4 is 5.32 Å². The number of nitro groups is 1. The number of hydrogen-bond donors (Lipinski definition) is 1. The Balaban J connectivity index is 2.28. The highest BCUT2D eigenvalue weighted by atomic mass is 32.2. The highest BCUT2D eigenvalue weighted by molar-refractivity contribution is 7.89. The van der Waals surface area contributed by atoms with Gasteiger partial charge >= 0.3 is 12.0 Å². The lowest BCUT2D eigenvalue weighted by Gasteiger charge is -2.36. The van der Waals surface area contributed by atoms with Crippen molar-refractivity contribution < 1.29 is 27.7 Å². The maximum absolute atomic E-state index is 13.4. The van der Waals surface area contributed by atoms with E-state index in [4.69, 9.17) is 4.74 Å². The number of allylic oxidation sites excluding steroid dienone is 1. The minimum Gasteiger partial charge on any atom is -0.463 e. The minimum atomic E-state index is -4.44. The van der Waals surface area contributed by atoms with Crippen LogP contribution in [0.25, 0.3) is 0 Å². The number of esters is 1. The lowest BCUT2D eigenvalue weighted by atomic mass is 9.95. The number of hydrogen-bond acceptors (Lipinski definition) is 7. The van der Waals surface area contributed by atoms with Crippen LogP contribution in [0.5, 0.6) is 0 Å². The molecule has 0 saturated heterocycles. The van der Waals surface area contributed by atoms with Gasteiger partial charge in [0.25, 0.3) is 15.7 Å². The zero-order chi connectivity index (χ0) is 22.8. The molecule has 1 unspecified atom stereocenters. The maximum Gasteiger partial charge on any atom is 0.338 e. The lowest BCUT2D eigenvalue weighted by Crippen LogP contribution is -2.51. The Bertz CT molecular complexity index is 1180. The van der Waals surface area contributed by atoms with Crippen molar-refractivity contribution in [3.05, 3.63) is 81.5 Å². The Labute approximate surface area is 178 Å². The monoisotopic (exact) mass is 445 g/mol. The Morgan fingerprint density at radius 1 is 1.19 bits per heavy atom. The molecule has 2 aromatic carbocycles. The molecule has 1 N–H and O–H groups in total. The molecule has 162 valence electrons.